The fourth-order valence-corrected chi connectivity index (χ4v) is 4.31. The van der Waals surface area contributed by atoms with E-state index in [9.17, 15) is 26.7 Å². The molecule has 0 saturated carbocycles. The number of alkyl halides is 3. The van der Waals surface area contributed by atoms with E-state index in [1.54, 1.807) is 12.1 Å². The molecule has 5 rings (SSSR count). The van der Waals surface area contributed by atoms with Gasteiger partial charge >= 0.3 is 6.18 Å². The first-order valence-corrected chi connectivity index (χ1v) is 11.2. The van der Waals surface area contributed by atoms with Gasteiger partial charge in [-0.15, -0.1) is 0 Å². The molecular formula is C24H17ClF5N5O. The van der Waals surface area contributed by atoms with E-state index in [0.717, 1.165) is 23.9 Å². The van der Waals surface area contributed by atoms with Crippen LogP contribution < -0.4 is 4.90 Å². The topological polar surface area (TPSA) is 53.7 Å². The van der Waals surface area contributed by atoms with E-state index in [1.807, 2.05) is 4.90 Å². The number of hydrogen-bond donors (Lipinski definition) is 0. The SMILES string of the molecule is O=C(c1nn2c(C(F)(F)F)cc(-c3ccc(F)cc3)nc2c1Cl)N1CCN(c2ccc(F)cc2)CC1. The lowest BCUT2D eigenvalue weighted by Crippen LogP contribution is -2.49. The molecule has 1 aliphatic heterocycles. The van der Waals surface area contributed by atoms with Crippen molar-refractivity contribution in [3.63, 3.8) is 0 Å². The highest BCUT2D eigenvalue weighted by molar-refractivity contribution is 6.36. The number of hydrogen-bond acceptors (Lipinski definition) is 4. The summed E-state index contributed by atoms with van der Waals surface area (Å²) in [4.78, 5) is 20.8. The number of carbonyl (C=O) groups is 1. The van der Waals surface area contributed by atoms with Gasteiger partial charge in [-0.25, -0.2) is 18.3 Å². The van der Waals surface area contributed by atoms with Gasteiger partial charge in [0.15, 0.2) is 17.0 Å². The molecule has 0 unspecified atom stereocenters. The Bertz CT molecular complexity index is 1430. The van der Waals surface area contributed by atoms with Crippen LogP contribution in [0.25, 0.3) is 16.9 Å². The number of nitrogens with zero attached hydrogens (tertiary/aromatic N) is 5. The Morgan fingerprint density at radius 2 is 1.47 bits per heavy atom. The Morgan fingerprint density at radius 1 is 0.889 bits per heavy atom. The molecule has 0 spiro atoms. The van der Waals surface area contributed by atoms with Crippen LogP contribution in [0.4, 0.5) is 27.6 Å². The summed E-state index contributed by atoms with van der Waals surface area (Å²) in [6.45, 7) is 1.40. The molecule has 186 valence electrons. The second-order valence-corrected chi connectivity index (χ2v) is 8.56. The van der Waals surface area contributed by atoms with Crippen LogP contribution in [0.3, 0.4) is 0 Å². The van der Waals surface area contributed by atoms with Gasteiger partial charge in [-0.3, -0.25) is 4.79 Å². The van der Waals surface area contributed by atoms with Gasteiger partial charge in [0, 0.05) is 37.4 Å². The monoisotopic (exact) mass is 521 g/mol. The lowest BCUT2D eigenvalue weighted by Gasteiger charge is -2.35. The predicted molar refractivity (Wildman–Crippen MR) is 123 cm³/mol. The van der Waals surface area contributed by atoms with Crippen molar-refractivity contribution in [2.24, 2.45) is 0 Å². The summed E-state index contributed by atoms with van der Waals surface area (Å²) in [6.07, 6.45) is -4.83. The zero-order chi connectivity index (χ0) is 25.6. The minimum Gasteiger partial charge on any atom is -0.368 e. The van der Waals surface area contributed by atoms with Crippen molar-refractivity contribution in [3.05, 3.63) is 82.6 Å². The van der Waals surface area contributed by atoms with Gasteiger partial charge in [-0.1, -0.05) is 11.6 Å². The number of anilines is 1. The van der Waals surface area contributed by atoms with Gasteiger partial charge in [0.25, 0.3) is 5.91 Å². The van der Waals surface area contributed by atoms with Crippen molar-refractivity contribution >= 4 is 28.8 Å². The Kier molecular flexibility index (Phi) is 6.03. The van der Waals surface area contributed by atoms with Crippen LogP contribution >= 0.6 is 11.6 Å². The standard InChI is InChI=1S/C24H17ClF5N5O/c25-20-21(23(36)34-11-9-33(10-12-34)17-7-5-16(27)6-8-17)32-35-19(24(28,29)30)13-18(31-22(20)35)14-1-3-15(26)4-2-14/h1-8,13H,9-12H2. The highest BCUT2D eigenvalue weighted by Crippen LogP contribution is 2.35. The summed E-state index contributed by atoms with van der Waals surface area (Å²) < 4.78 is 68.7. The van der Waals surface area contributed by atoms with Gasteiger partial charge in [0.2, 0.25) is 0 Å². The number of amides is 1. The second kappa shape index (κ2) is 9.05. The summed E-state index contributed by atoms with van der Waals surface area (Å²) in [5.74, 6) is -1.53. The third-order valence-corrected chi connectivity index (χ3v) is 6.27. The Hall–Kier alpha value is -3.73. The van der Waals surface area contributed by atoms with Gasteiger partial charge in [-0.2, -0.15) is 18.3 Å². The predicted octanol–water partition coefficient (Wildman–Crippen LogP) is 5.31. The smallest absolute Gasteiger partial charge is 0.368 e. The number of benzene rings is 2. The van der Waals surface area contributed by atoms with Crippen molar-refractivity contribution < 1.29 is 26.7 Å². The summed E-state index contributed by atoms with van der Waals surface area (Å²) in [6, 6.07) is 11.5. The average Bonchev–Trinajstić information content (AvgIpc) is 3.19. The first-order valence-electron chi connectivity index (χ1n) is 10.8. The van der Waals surface area contributed by atoms with Crippen LogP contribution in [0, 0.1) is 11.6 Å². The Morgan fingerprint density at radius 3 is 2.06 bits per heavy atom. The maximum atomic E-state index is 13.9. The molecule has 36 heavy (non-hydrogen) atoms. The molecule has 3 heterocycles. The van der Waals surface area contributed by atoms with Gasteiger partial charge in [0.1, 0.15) is 16.7 Å². The van der Waals surface area contributed by atoms with Crippen molar-refractivity contribution in [2.45, 2.75) is 6.18 Å². The lowest BCUT2D eigenvalue weighted by molar-refractivity contribution is -0.142. The zero-order valence-electron chi connectivity index (χ0n) is 18.4. The largest absolute Gasteiger partial charge is 0.433 e. The minimum atomic E-state index is -4.83. The summed E-state index contributed by atoms with van der Waals surface area (Å²) in [7, 11) is 0. The lowest BCUT2D eigenvalue weighted by atomic mass is 10.1. The number of rotatable bonds is 3. The van der Waals surface area contributed by atoms with Crippen LogP contribution in [0.5, 0.6) is 0 Å². The number of fused-ring (bicyclic) bond motifs is 1. The molecule has 1 aliphatic rings. The van der Waals surface area contributed by atoms with Crippen LogP contribution in [-0.2, 0) is 6.18 Å². The van der Waals surface area contributed by atoms with E-state index >= 15 is 0 Å². The quantitative estimate of drug-likeness (QED) is 0.343. The molecule has 0 N–H and O–H groups in total. The first kappa shape index (κ1) is 24.0. The number of aromatic nitrogens is 3. The first-order chi connectivity index (χ1) is 17.1. The molecule has 6 nitrogen and oxygen atoms in total. The molecule has 1 saturated heterocycles. The third kappa shape index (κ3) is 4.46. The van der Waals surface area contributed by atoms with Crippen molar-refractivity contribution in [1.82, 2.24) is 19.5 Å². The van der Waals surface area contributed by atoms with Crippen molar-refractivity contribution in [2.75, 3.05) is 31.1 Å². The maximum Gasteiger partial charge on any atom is 0.433 e. The molecule has 0 aliphatic carbocycles. The van der Waals surface area contributed by atoms with Crippen LogP contribution in [0.1, 0.15) is 16.2 Å². The second-order valence-electron chi connectivity index (χ2n) is 8.18. The summed E-state index contributed by atoms with van der Waals surface area (Å²) >= 11 is 6.35. The normalized spacial score (nSPS) is 14.5. The van der Waals surface area contributed by atoms with Crippen LogP contribution in [-0.4, -0.2) is 51.6 Å². The Labute approximate surface area is 206 Å². The molecule has 0 bridgehead atoms. The van der Waals surface area contributed by atoms with Gasteiger partial charge in [-0.05, 0) is 54.6 Å². The molecule has 2 aromatic heterocycles. The summed E-state index contributed by atoms with van der Waals surface area (Å²) in [5, 5.41) is 3.58. The van der Waals surface area contributed by atoms with E-state index in [-0.39, 0.29) is 46.5 Å². The summed E-state index contributed by atoms with van der Waals surface area (Å²) in [5.41, 5.74) is -0.911. The zero-order valence-corrected chi connectivity index (χ0v) is 19.2. The fraction of sp³-hybridized carbons (Fsp3) is 0.208. The van der Waals surface area contributed by atoms with Crippen molar-refractivity contribution in [1.29, 1.82) is 0 Å². The number of halogens is 6. The van der Waals surface area contributed by atoms with E-state index in [0.29, 0.717) is 17.6 Å². The number of carbonyl (C=O) groups excluding carboxylic acids is 1. The maximum absolute atomic E-state index is 13.9. The third-order valence-electron chi connectivity index (χ3n) is 5.92. The molecule has 4 aromatic rings. The van der Waals surface area contributed by atoms with Crippen LogP contribution in [0.15, 0.2) is 54.6 Å². The average molecular weight is 522 g/mol. The van der Waals surface area contributed by atoms with Gasteiger partial charge < -0.3 is 9.80 Å². The van der Waals surface area contributed by atoms with E-state index in [1.165, 1.54) is 29.2 Å². The van der Waals surface area contributed by atoms with E-state index < -0.39 is 23.6 Å². The van der Waals surface area contributed by atoms with E-state index in [2.05, 4.69) is 10.1 Å². The highest BCUT2D eigenvalue weighted by Gasteiger charge is 2.37. The molecule has 2 aromatic carbocycles. The van der Waals surface area contributed by atoms with Crippen molar-refractivity contribution in [3.8, 4) is 11.3 Å². The molecule has 1 amide bonds. The van der Waals surface area contributed by atoms with E-state index in [4.69, 9.17) is 11.6 Å². The number of piperazine rings is 1. The van der Waals surface area contributed by atoms with Gasteiger partial charge in [0.05, 0.1) is 5.69 Å². The molecule has 1 fully saturated rings. The molecule has 0 atom stereocenters. The molecular weight excluding hydrogens is 505 g/mol. The molecule has 0 radical (unpaired) electrons. The van der Waals surface area contributed by atoms with Crippen LogP contribution in [0.2, 0.25) is 5.02 Å². The Balaban J connectivity index is 1.46. The highest BCUT2D eigenvalue weighted by atomic mass is 35.5. The fourth-order valence-electron chi connectivity index (χ4n) is 4.07. The molecule has 12 heteroatoms. The minimum absolute atomic E-state index is 0.0939.